The molecule has 0 unspecified atom stereocenters. The molecule has 62 heavy (non-hydrogen) atoms. The zero-order chi connectivity index (χ0) is 41.1. The van der Waals surface area contributed by atoms with E-state index < -0.39 is 0 Å². The van der Waals surface area contributed by atoms with Gasteiger partial charge >= 0.3 is 0 Å². The number of nitriles is 2. The molecule has 0 atom stereocenters. The lowest BCUT2D eigenvalue weighted by atomic mass is 10.0. The summed E-state index contributed by atoms with van der Waals surface area (Å²) in [4.78, 5) is 0. The van der Waals surface area contributed by atoms with E-state index in [1.54, 1.807) is 22.7 Å². The number of fused-ring (bicyclic) bond motifs is 12. The molecule has 6 heteroatoms. The summed E-state index contributed by atoms with van der Waals surface area (Å²) in [5.74, 6) is 0. The second kappa shape index (κ2) is 13.3. The molecule has 0 N–H and O–H groups in total. The molecule has 286 valence electrons. The first-order chi connectivity index (χ1) is 30.6. The molecule has 0 spiro atoms. The predicted molar refractivity (Wildman–Crippen MR) is 261 cm³/mol. The maximum atomic E-state index is 11.2. The van der Waals surface area contributed by atoms with Crippen molar-refractivity contribution in [3.05, 3.63) is 193 Å². The quantitative estimate of drug-likeness (QED) is 0.178. The van der Waals surface area contributed by atoms with E-state index in [-0.39, 0.29) is 0 Å². The minimum Gasteiger partial charge on any atom is -0.308 e. The van der Waals surface area contributed by atoms with Gasteiger partial charge in [0.05, 0.1) is 44.6 Å². The fourth-order valence-corrected chi connectivity index (χ4v) is 12.0. The molecule has 4 aromatic heterocycles. The van der Waals surface area contributed by atoms with Crippen LogP contribution >= 0.6 is 22.7 Å². The Balaban J connectivity index is 1.10. The molecule has 0 aliphatic carbocycles. The van der Waals surface area contributed by atoms with Crippen molar-refractivity contribution >= 4 is 107 Å². The first kappa shape index (κ1) is 34.8. The van der Waals surface area contributed by atoms with Crippen LogP contribution in [0.5, 0.6) is 0 Å². The van der Waals surface area contributed by atoms with Gasteiger partial charge < -0.3 is 9.13 Å². The standard InChI is InChI=1S/C56H30N4S2/c57-31-37-26-50(60-48-22-20-36(34-13-5-2-6-14-34)24-42(48)44-28-46-40-16-8-10-18-54(40)62-56(46)30-52(44)60)38(32-58)25-49(37)59-47-21-19-35(33-11-3-1-4-12-33)23-41(47)43-27-45-39-15-7-9-17-53(39)61-55(45)29-51(43)59/h1-30H. The van der Waals surface area contributed by atoms with Crippen LogP contribution in [0.2, 0.25) is 0 Å². The topological polar surface area (TPSA) is 57.4 Å². The first-order valence-electron chi connectivity index (χ1n) is 20.5. The van der Waals surface area contributed by atoms with E-state index in [9.17, 15) is 10.5 Å². The van der Waals surface area contributed by atoms with E-state index in [4.69, 9.17) is 0 Å². The molecule has 0 bridgehead atoms. The molecule has 13 aromatic rings. The Labute approximate surface area is 363 Å². The van der Waals surface area contributed by atoms with E-state index in [1.807, 2.05) is 24.3 Å². The van der Waals surface area contributed by atoms with Crippen LogP contribution in [-0.2, 0) is 0 Å². The second-order valence-corrected chi connectivity index (χ2v) is 18.1. The van der Waals surface area contributed by atoms with Crippen molar-refractivity contribution in [1.29, 1.82) is 10.5 Å². The average molecular weight is 823 g/mol. The van der Waals surface area contributed by atoms with Crippen LogP contribution in [0.4, 0.5) is 0 Å². The van der Waals surface area contributed by atoms with Crippen LogP contribution in [-0.4, -0.2) is 9.13 Å². The molecular weight excluding hydrogens is 793 g/mol. The minimum absolute atomic E-state index is 0.486. The van der Waals surface area contributed by atoms with Gasteiger partial charge in [-0.25, -0.2) is 0 Å². The molecule has 0 radical (unpaired) electrons. The maximum Gasteiger partial charge on any atom is 0.101 e. The van der Waals surface area contributed by atoms with Crippen LogP contribution in [0.3, 0.4) is 0 Å². The smallest absolute Gasteiger partial charge is 0.101 e. The van der Waals surface area contributed by atoms with Crippen LogP contribution in [0.25, 0.3) is 118 Å². The van der Waals surface area contributed by atoms with Crippen molar-refractivity contribution in [2.75, 3.05) is 0 Å². The third kappa shape index (κ3) is 5.03. The number of aromatic nitrogens is 2. The Morgan fingerprint density at radius 3 is 1.15 bits per heavy atom. The molecule has 4 nitrogen and oxygen atoms in total. The first-order valence-corrected chi connectivity index (χ1v) is 22.2. The van der Waals surface area contributed by atoms with E-state index in [2.05, 4.69) is 179 Å². The van der Waals surface area contributed by atoms with E-state index in [0.29, 0.717) is 22.5 Å². The van der Waals surface area contributed by atoms with Crippen LogP contribution in [0.1, 0.15) is 11.1 Å². The summed E-state index contributed by atoms with van der Waals surface area (Å²) < 4.78 is 9.22. The van der Waals surface area contributed by atoms with Crippen molar-refractivity contribution in [2.45, 2.75) is 0 Å². The van der Waals surface area contributed by atoms with Crippen molar-refractivity contribution in [1.82, 2.24) is 9.13 Å². The SMILES string of the molecule is N#Cc1cc(-n2c3ccc(-c4ccccc4)cc3c3cc4c(cc32)sc2ccccc24)c(C#N)cc1-n1c2ccc(-c3ccccc3)cc2c2cc3c(cc21)sc1ccccc13. The molecule has 0 aliphatic rings. The number of benzene rings is 9. The van der Waals surface area contributed by atoms with E-state index in [0.717, 1.165) is 65.9 Å². The average Bonchev–Trinajstić information content (AvgIpc) is 4.06. The molecule has 4 heterocycles. The summed E-state index contributed by atoms with van der Waals surface area (Å²) in [5, 5.41) is 31.6. The van der Waals surface area contributed by atoms with Crippen LogP contribution < -0.4 is 0 Å². The zero-order valence-corrected chi connectivity index (χ0v) is 34.6. The number of nitrogens with zero attached hydrogens (tertiary/aromatic N) is 4. The fraction of sp³-hybridized carbons (Fsp3) is 0. The maximum absolute atomic E-state index is 11.2. The van der Waals surface area contributed by atoms with Gasteiger partial charge in [0.1, 0.15) is 12.1 Å². The summed E-state index contributed by atoms with van der Waals surface area (Å²) >= 11 is 3.56. The lowest BCUT2D eigenvalue weighted by molar-refractivity contribution is 1.13. The lowest BCUT2D eigenvalue weighted by Gasteiger charge is -2.16. The monoisotopic (exact) mass is 822 g/mol. The van der Waals surface area contributed by atoms with Crippen LogP contribution in [0, 0.1) is 22.7 Å². The summed E-state index contributed by atoms with van der Waals surface area (Å²) in [6.07, 6.45) is 0. The van der Waals surface area contributed by atoms with Gasteiger partial charge in [-0.05, 0) is 95.1 Å². The van der Waals surface area contributed by atoms with Gasteiger partial charge in [-0.15, -0.1) is 22.7 Å². The Morgan fingerprint density at radius 1 is 0.306 bits per heavy atom. The third-order valence-corrected chi connectivity index (χ3v) is 14.8. The fourth-order valence-electron chi connectivity index (χ4n) is 9.74. The van der Waals surface area contributed by atoms with Gasteiger partial charge in [-0.1, -0.05) is 109 Å². The highest BCUT2D eigenvalue weighted by Gasteiger charge is 2.23. The van der Waals surface area contributed by atoms with E-state index in [1.165, 1.54) is 40.3 Å². The summed E-state index contributed by atoms with van der Waals surface area (Å²) in [6.45, 7) is 0. The molecule has 0 fully saturated rings. The van der Waals surface area contributed by atoms with Gasteiger partial charge in [0, 0.05) is 61.9 Å². The van der Waals surface area contributed by atoms with Crippen LogP contribution in [0.15, 0.2) is 182 Å². The Hall–Kier alpha value is -8.00. The second-order valence-electron chi connectivity index (χ2n) is 15.9. The van der Waals surface area contributed by atoms with Crippen molar-refractivity contribution in [2.24, 2.45) is 0 Å². The molecular formula is C56H30N4S2. The summed E-state index contributed by atoms with van der Waals surface area (Å²) in [5.41, 5.74) is 10.8. The molecule has 0 saturated carbocycles. The largest absolute Gasteiger partial charge is 0.308 e. The normalized spacial score (nSPS) is 11.8. The van der Waals surface area contributed by atoms with Gasteiger partial charge in [-0.2, -0.15) is 10.5 Å². The highest BCUT2D eigenvalue weighted by molar-refractivity contribution is 7.26. The van der Waals surface area contributed by atoms with Crippen molar-refractivity contribution in [3.63, 3.8) is 0 Å². The molecule has 9 aromatic carbocycles. The zero-order valence-electron chi connectivity index (χ0n) is 32.9. The minimum atomic E-state index is 0.486. The Bertz CT molecular complexity index is 3840. The predicted octanol–water partition coefficient (Wildman–Crippen LogP) is 15.7. The number of rotatable bonds is 4. The molecule has 0 amide bonds. The molecule has 13 rings (SSSR count). The molecule has 0 aliphatic heterocycles. The van der Waals surface area contributed by atoms with Crippen molar-refractivity contribution < 1.29 is 0 Å². The number of hydrogen-bond acceptors (Lipinski definition) is 4. The van der Waals surface area contributed by atoms with Gasteiger partial charge in [-0.3, -0.25) is 0 Å². The van der Waals surface area contributed by atoms with Gasteiger partial charge in [0.15, 0.2) is 0 Å². The Morgan fingerprint density at radius 2 is 0.710 bits per heavy atom. The summed E-state index contributed by atoms with van der Waals surface area (Å²) in [7, 11) is 0. The van der Waals surface area contributed by atoms with Crippen molar-refractivity contribution in [3.8, 4) is 45.8 Å². The van der Waals surface area contributed by atoms with Gasteiger partial charge in [0.2, 0.25) is 0 Å². The summed E-state index contributed by atoms with van der Waals surface area (Å²) in [6, 6.07) is 69.5. The highest BCUT2D eigenvalue weighted by atomic mass is 32.1. The van der Waals surface area contributed by atoms with Gasteiger partial charge in [0.25, 0.3) is 0 Å². The molecule has 0 saturated heterocycles. The third-order valence-electron chi connectivity index (χ3n) is 12.6. The highest BCUT2D eigenvalue weighted by Crippen LogP contribution is 2.45. The number of thiophene rings is 2. The van der Waals surface area contributed by atoms with E-state index >= 15 is 0 Å². The number of hydrogen-bond donors (Lipinski definition) is 0. The lowest BCUT2D eigenvalue weighted by Crippen LogP contribution is -2.04. The Kier molecular flexibility index (Phi) is 7.44.